The molecule has 1 aromatic carbocycles. The van der Waals surface area contributed by atoms with E-state index in [9.17, 15) is 4.79 Å². The van der Waals surface area contributed by atoms with Crippen LogP contribution in [-0.2, 0) is 16.1 Å². The summed E-state index contributed by atoms with van der Waals surface area (Å²) in [6, 6.07) is 10.5. The molecular weight excluding hydrogens is 262 g/mol. The Hall–Kier alpha value is -1.61. The zero-order valence-electron chi connectivity index (χ0n) is 12.7. The van der Waals surface area contributed by atoms with Crippen molar-refractivity contribution >= 4 is 5.78 Å². The summed E-state index contributed by atoms with van der Waals surface area (Å²) in [4.78, 5) is 14.5. The highest BCUT2D eigenvalue weighted by Crippen LogP contribution is 2.36. The van der Waals surface area contributed by atoms with Crippen molar-refractivity contribution < 1.29 is 9.53 Å². The van der Waals surface area contributed by atoms with Gasteiger partial charge in [-0.2, -0.15) is 0 Å². The van der Waals surface area contributed by atoms with E-state index in [-0.39, 0.29) is 6.23 Å². The van der Waals surface area contributed by atoms with Crippen LogP contribution >= 0.6 is 0 Å². The summed E-state index contributed by atoms with van der Waals surface area (Å²) in [5.74, 6) is 0.351. The molecule has 0 bridgehead atoms. The first kappa shape index (κ1) is 14.3. The van der Waals surface area contributed by atoms with E-state index in [1.807, 2.05) is 13.0 Å². The van der Waals surface area contributed by atoms with Gasteiger partial charge in [-0.1, -0.05) is 30.3 Å². The molecule has 1 atom stereocenters. The van der Waals surface area contributed by atoms with E-state index in [4.69, 9.17) is 4.74 Å². The van der Waals surface area contributed by atoms with E-state index in [0.29, 0.717) is 12.4 Å². The SMILES string of the molecule is CCOC1CCC2=C(CCCC2=O)N1Cc1ccccc1. The first-order valence-electron chi connectivity index (χ1n) is 7.97. The van der Waals surface area contributed by atoms with Gasteiger partial charge in [-0.15, -0.1) is 0 Å². The minimum absolute atomic E-state index is 0.111. The smallest absolute Gasteiger partial charge is 0.160 e. The topological polar surface area (TPSA) is 29.5 Å². The maximum atomic E-state index is 12.2. The molecule has 21 heavy (non-hydrogen) atoms. The Balaban J connectivity index is 1.89. The summed E-state index contributed by atoms with van der Waals surface area (Å²) in [5, 5.41) is 0. The fraction of sp³-hybridized carbons (Fsp3) is 0.500. The summed E-state index contributed by atoms with van der Waals surface area (Å²) in [7, 11) is 0. The summed E-state index contributed by atoms with van der Waals surface area (Å²) >= 11 is 0. The predicted octanol–water partition coefficient (Wildman–Crippen LogP) is 3.65. The van der Waals surface area contributed by atoms with Crippen LogP contribution < -0.4 is 0 Å². The summed E-state index contributed by atoms with van der Waals surface area (Å²) in [5.41, 5.74) is 3.57. The van der Waals surface area contributed by atoms with Crippen LogP contribution in [0.1, 0.15) is 44.6 Å². The van der Waals surface area contributed by atoms with Crippen molar-refractivity contribution in [1.29, 1.82) is 0 Å². The maximum absolute atomic E-state index is 12.2. The molecule has 2 aliphatic rings. The van der Waals surface area contributed by atoms with Crippen molar-refractivity contribution in [3.8, 4) is 0 Å². The second kappa shape index (κ2) is 6.44. The largest absolute Gasteiger partial charge is 0.359 e. The molecule has 1 aromatic rings. The first-order chi connectivity index (χ1) is 10.3. The Morgan fingerprint density at radius 2 is 2.00 bits per heavy atom. The molecule has 3 heteroatoms. The van der Waals surface area contributed by atoms with E-state index in [1.165, 1.54) is 11.3 Å². The molecule has 1 aliphatic heterocycles. The molecule has 0 spiro atoms. The lowest BCUT2D eigenvalue weighted by molar-refractivity contribution is -0.118. The Labute approximate surface area is 126 Å². The normalized spacial score (nSPS) is 22.4. The second-order valence-corrected chi connectivity index (χ2v) is 5.76. The van der Waals surface area contributed by atoms with E-state index >= 15 is 0 Å². The van der Waals surface area contributed by atoms with Crippen LogP contribution in [0, 0.1) is 0 Å². The van der Waals surface area contributed by atoms with Crippen LogP contribution in [0.5, 0.6) is 0 Å². The van der Waals surface area contributed by atoms with Crippen molar-refractivity contribution in [3.63, 3.8) is 0 Å². The standard InChI is InChI=1S/C18H23NO2/c1-2-21-18-12-11-15-16(9-6-10-17(15)20)19(18)13-14-7-4-3-5-8-14/h3-5,7-8,18H,2,6,9-13H2,1H3. The molecule has 0 saturated heterocycles. The predicted molar refractivity (Wildman–Crippen MR) is 82.5 cm³/mol. The summed E-state index contributed by atoms with van der Waals surface area (Å²) < 4.78 is 5.93. The number of allylic oxidation sites excluding steroid dienone is 2. The lowest BCUT2D eigenvalue weighted by Gasteiger charge is -2.41. The number of Topliss-reactive ketones (excluding diaryl/α,β-unsaturated/α-hetero) is 1. The number of carbonyl (C=O) groups excluding carboxylic acids is 1. The highest BCUT2D eigenvalue weighted by Gasteiger charge is 2.33. The van der Waals surface area contributed by atoms with Crippen molar-refractivity contribution in [2.75, 3.05) is 6.61 Å². The van der Waals surface area contributed by atoms with E-state index < -0.39 is 0 Å². The zero-order chi connectivity index (χ0) is 14.7. The zero-order valence-corrected chi connectivity index (χ0v) is 12.7. The lowest BCUT2D eigenvalue weighted by atomic mass is 9.87. The van der Waals surface area contributed by atoms with Crippen LogP contribution in [0.4, 0.5) is 0 Å². The third-order valence-electron chi connectivity index (χ3n) is 4.39. The van der Waals surface area contributed by atoms with Gasteiger partial charge >= 0.3 is 0 Å². The Morgan fingerprint density at radius 1 is 1.19 bits per heavy atom. The van der Waals surface area contributed by atoms with Gasteiger partial charge in [0.15, 0.2) is 5.78 Å². The minimum Gasteiger partial charge on any atom is -0.359 e. The van der Waals surface area contributed by atoms with Crippen LogP contribution in [0.2, 0.25) is 0 Å². The summed E-state index contributed by atoms with van der Waals surface area (Å²) in [6.45, 7) is 3.58. The van der Waals surface area contributed by atoms with Gasteiger partial charge < -0.3 is 9.64 Å². The highest BCUT2D eigenvalue weighted by molar-refractivity contribution is 5.96. The molecule has 1 unspecified atom stereocenters. The minimum atomic E-state index is 0.111. The highest BCUT2D eigenvalue weighted by atomic mass is 16.5. The van der Waals surface area contributed by atoms with Crippen molar-refractivity contribution in [2.45, 2.75) is 51.8 Å². The molecule has 0 N–H and O–H groups in total. The molecule has 0 fully saturated rings. The van der Waals surface area contributed by atoms with Crippen molar-refractivity contribution in [3.05, 3.63) is 47.2 Å². The van der Waals surface area contributed by atoms with Gasteiger partial charge in [0, 0.05) is 30.8 Å². The van der Waals surface area contributed by atoms with Gasteiger partial charge in [0.25, 0.3) is 0 Å². The first-order valence-corrected chi connectivity index (χ1v) is 7.97. The van der Waals surface area contributed by atoms with Gasteiger partial charge in [0.2, 0.25) is 0 Å². The molecule has 0 radical (unpaired) electrons. The molecule has 112 valence electrons. The molecule has 3 nitrogen and oxygen atoms in total. The van der Waals surface area contributed by atoms with Crippen LogP contribution in [-0.4, -0.2) is 23.5 Å². The van der Waals surface area contributed by atoms with Gasteiger partial charge in [-0.05, 0) is 38.2 Å². The van der Waals surface area contributed by atoms with Gasteiger partial charge in [-0.25, -0.2) is 0 Å². The monoisotopic (exact) mass is 285 g/mol. The third kappa shape index (κ3) is 3.03. The van der Waals surface area contributed by atoms with Crippen molar-refractivity contribution in [2.24, 2.45) is 0 Å². The number of ketones is 1. The van der Waals surface area contributed by atoms with Crippen LogP contribution in [0.3, 0.4) is 0 Å². The number of carbonyl (C=O) groups is 1. The molecule has 0 aromatic heterocycles. The van der Waals surface area contributed by atoms with Gasteiger partial charge in [-0.3, -0.25) is 4.79 Å². The average Bonchev–Trinajstić information content (AvgIpc) is 2.51. The molecule has 1 aliphatic carbocycles. The van der Waals surface area contributed by atoms with Gasteiger partial charge in [0.1, 0.15) is 6.23 Å². The fourth-order valence-corrected chi connectivity index (χ4v) is 3.42. The molecule has 1 heterocycles. The number of hydrogen-bond donors (Lipinski definition) is 0. The van der Waals surface area contributed by atoms with Crippen LogP contribution in [0.25, 0.3) is 0 Å². The van der Waals surface area contributed by atoms with E-state index in [1.54, 1.807) is 0 Å². The molecule has 0 amide bonds. The Morgan fingerprint density at radius 3 is 2.76 bits per heavy atom. The van der Waals surface area contributed by atoms with E-state index in [0.717, 1.165) is 44.2 Å². The summed E-state index contributed by atoms with van der Waals surface area (Å²) in [6.07, 6.45) is 4.62. The van der Waals surface area contributed by atoms with Gasteiger partial charge in [0.05, 0.1) is 0 Å². The molecular formula is C18H23NO2. The number of nitrogens with zero attached hydrogens (tertiary/aromatic N) is 1. The van der Waals surface area contributed by atoms with Crippen LogP contribution in [0.15, 0.2) is 41.6 Å². The number of rotatable bonds is 4. The third-order valence-corrected chi connectivity index (χ3v) is 4.39. The Bertz CT molecular complexity index is 535. The second-order valence-electron chi connectivity index (χ2n) is 5.76. The fourth-order valence-electron chi connectivity index (χ4n) is 3.42. The Kier molecular flexibility index (Phi) is 4.39. The van der Waals surface area contributed by atoms with E-state index in [2.05, 4.69) is 29.2 Å². The molecule has 0 saturated carbocycles. The average molecular weight is 285 g/mol. The lowest BCUT2D eigenvalue weighted by Crippen LogP contribution is -2.41. The molecule has 3 rings (SSSR count). The van der Waals surface area contributed by atoms with Crippen molar-refractivity contribution in [1.82, 2.24) is 4.90 Å². The maximum Gasteiger partial charge on any atom is 0.160 e. The number of benzene rings is 1. The number of ether oxygens (including phenoxy) is 1. The quantitative estimate of drug-likeness (QED) is 0.845. The number of hydrogen-bond acceptors (Lipinski definition) is 3.